The van der Waals surface area contributed by atoms with Crippen molar-refractivity contribution < 1.29 is 14.3 Å². The highest BCUT2D eigenvalue weighted by Gasteiger charge is 2.41. The Morgan fingerprint density at radius 1 is 1.17 bits per heavy atom. The number of ether oxygens (including phenoxy) is 2. The van der Waals surface area contributed by atoms with Crippen LogP contribution in [-0.2, 0) is 20.7 Å². The van der Waals surface area contributed by atoms with Crippen molar-refractivity contribution in [2.24, 2.45) is 11.8 Å². The standard InChI is InChI=1S/C20H27NO3/c22-20(17-9-11-23-14-17)21-10-8-19(24-13-16-6-7-16)18(21)12-15-4-2-1-3-5-15/h1-5,16-19H,6-14H2/t17?,18-,19+/m0/s1. The molecule has 3 atom stereocenters. The molecule has 1 aliphatic carbocycles. The minimum Gasteiger partial charge on any atom is -0.381 e. The summed E-state index contributed by atoms with van der Waals surface area (Å²) >= 11 is 0. The summed E-state index contributed by atoms with van der Waals surface area (Å²) in [6, 6.07) is 10.6. The number of hydrogen-bond acceptors (Lipinski definition) is 3. The maximum absolute atomic E-state index is 12.9. The SMILES string of the molecule is O=C(C1CCOC1)N1CC[C@@H](OCC2CC2)[C@@H]1Cc1ccccc1. The molecule has 1 aromatic carbocycles. The van der Waals surface area contributed by atoms with Crippen molar-refractivity contribution in [2.75, 3.05) is 26.4 Å². The molecule has 1 amide bonds. The molecule has 1 saturated carbocycles. The third kappa shape index (κ3) is 3.65. The second-order valence-corrected chi connectivity index (χ2v) is 7.45. The lowest BCUT2D eigenvalue weighted by atomic mass is 10.00. The molecule has 2 aliphatic heterocycles. The summed E-state index contributed by atoms with van der Waals surface area (Å²) in [7, 11) is 0. The van der Waals surface area contributed by atoms with Gasteiger partial charge in [-0.1, -0.05) is 30.3 Å². The lowest BCUT2D eigenvalue weighted by molar-refractivity contribution is -0.137. The van der Waals surface area contributed by atoms with E-state index in [0.717, 1.165) is 44.9 Å². The monoisotopic (exact) mass is 329 g/mol. The first kappa shape index (κ1) is 16.1. The smallest absolute Gasteiger partial charge is 0.228 e. The zero-order chi connectivity index (χ0) is 16.4. The molecule has 3 fully saturated rings. The van der Waals surface area contributed by atoms with Gasteiger partial charge < -0.3 is 14.4 Å². The number of amides is 1. The van der Waals surface area contributed by atoms with Gasteiger partial charge in [0.2, 0.25) is 5.91 Å². The van der Waals surface area contributed by atoms with E-state index >= 15 is 0 Å². The number of rotatable bonds is 6. The van der Waals surface area contributed by atoms with Crippen LogP contribution < -0.4 is 0 Å². The van der Waals surface area contributed by atoms with Gasteiger partial charge in [0, 0.05) is 19.8 Å². The molecule has 4 rings (SSSR count). The minimum absolute atomic E-state index is 0.0467. The van der Waals surface area contributed by atoms with Crippen LogP contribution in [0.25, 0.3) is 0 Å². The summed E-state index contributed by atoms with van der Waals surface area (Å²) in [5.41, 5.74) is 1.28. The summed E-state index contributed by atoms with van der Waals surface area (Å²) in [6.07, 6.45) is 5.49. The van der Waals surface area contributed by atoms with Crippen LogP contribution in [0.15, 0.2) is 30.3 Å². The van der Waals surface area contributed by atoms with E-state index in [1.165, 1.54) is 18.4 Å². The molecular weight excluding hydrogens is 302 g/mol. The summed E-state index contributed by atoms with van der Waals surface area (Å²) in [6.45, 7) is 2.99. The number of likely N-dealkylation sites (tertiary alicyclic amines) is 1. The predicted molar refractivity (Wildman–Crippen MR) is 91.7 cm³/mol. The third-order valence-electron chi connectivity index (χ3n) is 5.58. The van der Waals surface area contributed by atoms with Crippen molar-refractivity contribution in [1.82, 2.24) is 4.90 Å². The van der Waals surface area contributed by atoms with Gasteiger partial charge in [0.1, 0.15) is 0 Å². The van der Waals surface area contributed by atoms with Gasteiger partial charge in [-0.2, -0.15) is 0 Å². The van der Waals surface area contributed by atoms with Gasteiger partial charge >= 0.3 is 0 Å². The Bertz CT molecular complexity index is 551. The number of hydrogen-bond donors (Lipinski definition) is 0. The first-order valence-corrected chi connectivity index (χ1v) is 9.35. The first-order chi connectivity index (χ1) is 11.8. The molecule has 4 nitrogen and oxygen atoms in total. The number of carbonyl (C=O) groups is 1. The van der Waals surface area contributed by atoms with Gasteiger partial charge in [0.25, 0.3) is 0 Å². The van der Waals surface area contributed by atoms with E-state index in [9.17, 15) is 4.79 Å². The van der Waals surface area contributed by atoms with Gasteiger partial charge in [-0.15, -0.1) is 0 Å². The molecule has 2 heterocycles. The molecule has 1 unspecified atom stereocenters. The highest BCUT2D eigenvalue weighted by Crippen LogP contribution is 2.32. The van der Waals surface area contributed by atoms with Crippen molar-refractivity contribution in [1.29, 1.82) is 0 Å². The molecule has 0 spiro atoms. The fraction of sp³-hybridized carbons (Fsp3) is 0.650. The highest BCUT2D eigenvalue weighted by atomic mass is 16.5. The fourth-order valence-electron chi connectivity index (χ4n) is 3.90. The van der Waals surface area contributed by atoms with E-state index in [1.54, 1.807) is 0 Å². The lowest BCUT2D eigenvalue weighted by Gasteiger charge is -2.30. The highest BCUT2D eigenvalue weighted by molar-refractivity contribution is 5.80. The van der Waals surface area contributed by atoms with E-state index < -0.39 is 0 Å². The quantitative estimate of drug-likeness (QED) is 0.805. The molecule has 0 radical (unpaired) electrons. The number of benzene rings is 1. The first-order valence-electron chi connectivity index (χ1n) is 9.35. The third-order valence-corrected chi connectivity index (χ3v) is 5.58. The van der Waals surface area contributed by atoms with Crippen molar-refractivity contribution in [3.63, 3.8) is 0 Å². The second-order valence-electron chi connectivity index (χ2n) is 7.45. The number of carbonyl (C=O) groups excluding carboxylic acids is 1. The zero-order valence-corrected chi connectivity index (χ0v) is 14.2. The predicted octanol–water partition coefficient (Wildman–Crippen LogP) is 2.66. The van der Waals surface area contributed by atoms with E-state index in [-0.39, 0.29) is 24.0 Å². The Kier molecular flexibility index (Phi) is 4.86. The summed E-state index contributed by atoms with van der Waals surface area (Å²) in [5, 5.41) is 0. The Balaban J connectivity index is 1.47. The Labute approximate surface area is 144 Å². The van der Waals surface area contributed by atoms with Crippen LogP contribution in [0.5, 0.6) is 0 Å². The average molecular weight is 329 g/mol. The topological polar surface area (TPSA) is 38.8 Å². The van der Waals surface area contributed by atoms with Crippen molar-refractivity contribution in [3.8, 4) is 0 Å². The van der Waals surface area contributed by atoms with Crippen molar-refractivity contribution in [3.05, 3.63) is 35.9 Å². The molecule has 3 aliphatic rings. The summed E-state index contributed by atoms with van der Waals surface area (Å²) in [5.74, 6) is 1.08. The van der Waals surface area contributed by atoms with Gasteiger partial charge in [-0.05, 0) is 43.6 Å². The van der Waals surface area contributed by atoms with Crippen molar-refractivity contribution >= 4 is 5.91 Å². The van der Waals surface area contributed by atoms with Crippen LogP contribution in [0, 0.1) is 11.8 Å². The maximum Gasteiger partial charge on any atom is 0.228 e. The van der Waals surface area contributed by atoms with Crippen LogP contribution in [0.2, 0.25) is 0 Å². The van der Waals surface area contributed by atoms with Gasteiger partial charge in [0.05, 0.1) is 24.7 Å². The normalized spacial score (nSPS) is 30.0. The Morgan fingerprint density at radius 3 is 2.71 bits per heavy atom. The van der Waals surface area contributed by atoms with Gasteiger partial charge in [-0.25, -0.2) is 0 Å². The molecule has 1 aromatic rings. The molecule has 4 heteroatoms. The minimum atomic E-state index is 0.0467. The molecule has 24 heavy (non-hydrogen) atoms. The van der Waals surface area contributed by atoms with Crippen LogP contribution in [0.3, 0.4) is 0 Å². The van der Waals surface area contributed by atoms with E-state index in [4.69, 9.17) is 9.47 Å². The number of nitrogens with zero attached hydrogens (tertiary/aromatic N) is 1. The molecule has 0 N–H and O–H groups in total. The molecular formula is C20H27NO3. The van der Waals surface area contributed by atoms with Gasteiger partial charge in [-0.3, -0.25) is 4.79 Å². The second kappa shape index (κ2) is 7.24. The van der Waals surface area contributed by atoms with E-state index in [1.807, 2.05) is 6.07 Å². The molecule has 0 aromatic heterocycles. The van der Waals surface area contributed by atoms with Crippen molar-refractivity contribution in [2.45, 2.75) is 44.2 Å². The maximum atomic E-state index is 12.9. The average Bonchev–Trinajstić information content (AvgIpc) is 3.12. The summed E-state index contributed by atoms with van der Waals surface area (Å²) in [4.78, 5) is 15.0. The zero-order valence-electron chi connectivity index (χ0n) is 14.2. The summed E-state index contributed by atoms with van der Waals surface area (Å²) < 4.78 is 11.7. The molecule has 0 bridgehead atoms. The van der Waals surface area contributed by atoms with Crippen LogP contribution in [-0.4, -0.2) is 49.3 Å². The fourth-order valence-corrected chi connectivity index (χ4v) is 3.90. The van der Waals surface area contributed by atoms with Gasteiger partial charge in [0.15, 0.2) is 0 Å². The van der Waals surface area contributed by atoms with Crippen LogP contribution in [0.1, 0.15) is 31.2 Å². The van der Waals surface area contributed by atoms with Crippen LogP contribution in [0.4, 0.5) is 0 Å². The Hall–Kier alpha value is -1.39. The molecule has 2 saturated heterocycles. The van der Waals surface area contributed by atoms with E-state index in [0.29, 0.717) is 6.61 Å². The Morgan fingerprint density at radius 2 is 2.00 bits per heavy atom. The van der Waals surface area contributed by atoms with Crippen LogP contribution >= 0.6 is 0 Å². The lowest BCUT2D eigenvalue weighted by Crippen LogP contribution is -2.44. The van der Waals surface area contributed by atoms with E-state index in [2.05, 4.69) is 29.2 Å². The largest absolute Gasteiger partial charge is 0.381 e. The molecule has 130 valence electrons.